The molecule has 2 aliphatic carbocycles. The SMILES string of the molecule is CN1CCC2=C(C=C(Nc3nccc(-c4cc(C#N)c5c(c4)C(C)(CC(F)F)CC5)n3)C(=O)C2)C1. The van der Waals surface area contributed by atoms with Crippen molar-refractivity contribution in [3.63, 3.8) is 0 Å². The summed E-state index contributed by atoms with van der Waals surface area (Å²) in [4.78, 5) is 23.8. The first-order chi connectivity index (χ1) is 16.8. The van der Waals surface area contributed by atoms with E-state index in [1.165, 1.54) is 5.57 Å². The van der Waals surface area contributed by atoms with Crippen LogP contribution in [0.25, 0.3) is 11.3 Å². The number of aromatic nitrogens is 2. The van der Waals surface area contributed by atoms with Gasteiger partial charge in [0, 0.05) is 37.7 Å². The minimum Gasteiger partial charge on any atom is -0.321 e. The standard InChI is InChI=1S/C27H27F2N5O/c1-27(13-25(28)29)6-3-20-18(14-30)9-17(10-21(20)27)22-4-7-31-26(32-22)33-23-11-19-15-34(2)8-5-16(19)12-24(23)35/h4,7,9-11,25H,3,5-6,8,12-13,15H2,1-2H3,(H,31,32,33). The molecule has 2 heterocycles. The van der Waals surface area contributed by atoms with Gasteiger partial charge in [0.2, 0.25) is 12.4 Å². The van der Waals surface area contributed by atoms with Crippen molar-refractivity contribution in [1.29, 1.82) is 5.26 Å². The highest BCUT2D eigenvalue weighted by Gasteiger charge is 2.38. The predicted molar refractivity (Wildman–Crippen MR) is 129 cm³/mol. The molecular formula is C27H27F2N5O. The van der Waals surface area contributed by atoms with Gasteiger partial charge in [-0.15, -0.1) is 0 Å². The lowest BCUT2D eigenvalue weighted by Gasteiger charge is -2.29. The van der Waals surface area contributed by atoms with Crippen LogP contribution in [0.5, 0.6) is 0 Å². The molecule has 1 aromatic carbocycles. The molecular weight excluding hydrogens is 448 g/mol. The summed E-state index contributed by atoms with van der Waals surface area (Å²) in [6.45, 7) is 3.60. The number of hydrogen-bond donors (Lipinski definition) is 1. The van der Waals surface area contributed by atoms with Crippen molar-refractivity contribution < 1.29 is 13.6 Å². The smallest absolute Gasteiger partial charge is 0.239 e. The molecule has 1 aliphatic heterocycles. The number of halogens is 2. The molecule has 1 unspecified atom stereocenters. The number of carbonyl (C=O) groups excluding carboxylic acids is 1. The molecule has 1 atom stereocenters. The second-order valence-electron chi connectivity index (χ2n) is 9.98. The number of nitrogens with zero attached hydrogens (tertiary/aromatic N) is 4. The summed E-state index contributed by atoms with van der Waals surface area (Å²) < 4.78 is 26.7. The Kier molecular flexibility index (Phi) is 5.97. The van der Waals surface area contributed by atoms with E-state index in [1.807, 2.05) is 19.1 Å². The lowest BCUT2D eigenvalue weighted by atomic mass is 9.80. The van der Waals surface area contributed by atoms with Gasteiger partial charge in [0.15, 0.2) is 5.78 Å². The number of ketones is 1. The first kappa shape index (κ1) is 23.3. The zero-order valence-electron chi connectivity index (χ0n) is 19.9. The van der Waals surface area contributed by atoms with Crippen LogP contribution in [0.2, 0.25) is 0 Å². The zero-order valence-corrected chi connectivity index (χ0v) is 19.9. The molecule has 0 bridgehead atoms. The third-order valence-corrected chi connectivity index (χ3v) is 7.43. The first-order valence-electron chi connectivity index (χ1n) is 11.9. The Bertz CT molecular complexity index is 1310. The molecule has 2 aromatic rings. The predicted octanol–water partition coefficient (Wildman–Crippen LogP) is 4.78. The average molecular weight is 476 g/mol. The fraction of sp³-hybridized carbons (Fsp3) is 0.407. The molecule has 0 saturated carbocycles. The van der Waals surface area contributed by atoms with Crippen LogP contribution in [0, 0.1) is 11.3 Å². The molecule has 0 spiro atoms. The van der Waals surface area contributed by atoms with E-state index >= 15 is 0 Å². The Morgan fingerprint density at radius 3 is 2.91 bits per heavy atom. The van der Waals surface area contributed by atoms with Crippen molar-refractivity contribution in [1.82, 2.24) is 14.9 Å². The maximum absolute atomic E-state index is 13.3. The summed E-state index contributed by atoms with van der Waals surface area (Å²) in [5.41, 5.74) is 5.52. The van der Waals surface area contributed by atoms with E-state index in [4.69, 9.17) is 0 Å². The lowest BCUT2D eigenvalue weighted by Crippen LogP contribution is -2.31. The summed E-state index contributed by atoms with van der Waals surface area (Å²) in [7, 11) is 2.06. The van der Waals surface area contributed by atoms with Gasteiger partial charge in [0.25, 0.3) is 0 Å². The quantitative estimate of drug-likeness (QED) is 0.671. The van der Waals surface area contributed by atoms with Gasteiger partial charge >= 0.3 is 0 Å². The minimum atomic E-state index is -2.42. The van der Waals surface area contributed by atoms with Crippen molar-refractivity contribution in [2.45, 2.75) is 50.9 Å². The minimum absolute atomic E-state index is 0.00868. The highest BCUT2D eigenvalue weighted by atomic mass is 19.3. The van der Waals surface area contributed by atoms with Crippen LogP contribution in [0.1, 0.15) is 49.3 Å². The third kappa shape index (κ3) is 4.48. The van der Waals surface area contributed by atoms with E-state index in [-0.39, 0.29) is 18.2 Å². The monoisotopic (exact) mass is 475 g/mol. The number of nitrogens with one attached hydrogen (secondary N) is 1. The number of nitriles is 1. The van der Waals surface area contributed by atoms with Crippen LogP contribution in [0.15, 0.2) is 47.3 Å². The molecule has 180 valence electrons. The molecule has 6 nitrogen and oxygen atoms in total. The number of benzene rings is 1. The van der Waals surface area contributed by atoms with Gasteiger partial charge in [-0.25, -0.2) is 18.7 Å². The number of fused-ring (bicyclic) bond motifs is 1. The van der Waals surface area contributed by atoms with E-state index in [1.54, 1.807) is 18.3 Å². The van der Waals surface area contributed by atoms with Crippen molar-refractivity contribution >= 4 is 11.7 Å². The van der Waals surface area contributed by atoms with E-state index in [2.05, 4.69) is 33.3 Å². The van der Waals surface area contributed by atoms with E-state index in [9.17, 15) is 18.8 Å². The molecule has 0 saturated heterocycles. The van der Waals surface area contributed by atoms with E-state index < -0.39 is 11.8 Å². The highest BCUT2D eigenvalue weighted by Crippen LogP contribution is 2.45. The molecule has 0 radical (unpaired) electrons. The largest absolute Gasteiger partial charge is 0.321 e. The van der Waals surface area contributed by atoms with Crippen LogP contribution in [-0.4, -0.2) is 47.2 Å². The number of carbonyl (C=O) groups is 1. The number of likely N-dealkylation sites (N-methyl/N-ethyl adjacent to an activating group) is 1. The second-order valence-corrected chi connectivity index (χ2v) is 9.98. The lowest BCUT2D eigenvalue weighted by molar-refractivity contribution is -0.115. The van der Waals surface area contributed by atoms with Crippen molar-refractivity contribution in [2.24, 2.45) is 0 Å². The Morgan fingerprint density at radius 2 is 2.14 bits per heavy atom. The van der Waals surface area contributed by atoms with Crippen molar-refractivity contribution in [3.05, 3.63) is 64.0 Å². The van der Waals surface area contributed by atoms with Gasteiger partial charge in [-0.1, -0.05) is 12.5 Å². The number of allylic oxidation sites excluding steroid dienone is 1. The van der Waals surface area contributed by atoms with E-state index in [0.29, 0.717) is 41.8 Å². The molecule has 8 heteroatoms. The zero-order chi connectivity index (χ0) is 24.7. The Balaban J connectivity index is 1.47. The van der Waals surface area contributed by atoms with Crippen LogP contribution >= 0.6 is 0 Å². The number of alkyl halides is 2. The third-order valence-electron chi connectivity index (χ3n) is 7.43. The average Bonchev–Trinajstić information content (AvgIpc) is 3.15. The normalized spacial score (nSPS) is 22.1. The van der Waals surface area contributed by atoms with Gasteiger partial charge in [-0.3, -0.25) is 4.79 Å². The van der Waals surface area contributed by atoms with Crippen LogP contribution in [0.3, 0.4) is 0 Å². The Morgan fingerprint density at radius 1 is 1.31 bits per heavy atom. The molecule has 0 fully saturated rings. The molecule has 0 amide bonds. The van der Waals surface area contributed by atoms with Crippen LogP contribution < -0.4 is 5.32 Å². The Labute approximate surface area is 203 Å². The molecule has 1 aromatic heterocycles. The second kappa shape index (κ2) is 8.97. The van der Waals surface area contributed by atoms with Crippen LogP contribution in [-0.2, 0) is 16.6 Å². The molecule has 5 rings (SSSR count). The summed E-state index contributed by atoms with van der Waals surface area (Å²) >= 11 is 0. The maximum atomic E-state index is 13.3. The number of anilines is 1. The topological polar surface area (TPSA) is 81.9 Å². The number of Topliss-reactive ketones (excluding diaryl/α,β-unsaturated/α-hetero) is 1. The highest BCUT2D eigenvalue weighted by molar-refractivity contribution is 6.01. The molecule has 35 heavy (non-hydrogen) atoms. The fourth-order valence-electron chi connectivity index (χ4n) is 5.48. The van der Waals surface area contributed by atoms with Crippen molar-refractivity contribution in [2.75, 3.05) is 25.5 Å². The van der Waals surface area contributed by atoms with Gasteiger partial charge < -0.3 is 10.2 Å². The first-order valence-corrected chi connectivity index (χ1v) is 11.9. The van der Waals surface area contributed by atoms with Crippen LogP contribution in [0.4, 0.5) is 14.7 Å². The number of rotatable bonds is 5. The van der Waals surface area contributed by atoms with Gasteiger partial charge in [0.05, 0.1) is 23.0 Å². The summed E-state index contributed by atoms with van der Waals surface area (Å²) in [6, 6.07) is 7.61. The maximum Gasteiger partial charge on any atom is 0.239 e. The van der Waals surface area contributed by atoms with E-state index in [0.717, 1.165) is 36.2 Å². The van der Waals surface area contributed by atoms with Gasteiger partial charge in [-0.2, -0.15) is 5.26 Å². The molecule has 3 aliphatic rings. The van der Waals surface area contributed by atoms with Gasteiger partial charge in [0.1, 0.15) is 0 Å². The summed E-state index contributed by atoms with van der Waals surface area (Å²) in [6.07, 6.45) is 3.33. The number of hydrogen-bond acceptors (Lipinski definition) is 6. The summed E-state index contributed by atoms with van der Waals surface area (Å²) in [5.74, 6) is 0.291. The van der Waals surface area contributed by atoms with Gasteiger partial charge in [-0.05, 0) is 72.7 Å². The summed E-state index contributed by atoms with van der Waals surface area (Å²) in [5, 5.41) is 12.8. The Hall–Kier alpha value is -3.44. The fourth-order valence-corrected chi connectivity index (χ4v) is 5.48. The molecule has 1 N–H and O–H groups in total. The van der Waals surface area contributed by atoms with Crippen molar-refractivity contribution in [3.8, 4) is 17.3 Å².